The lowest BCUT2D eigenvalue weighted by Crippen LogP contribution is -2.09. The highest BCUT2D eigenvalue weighted by molar-refractivity contribution is 9.10. The molecule has 3 nitrogen and oxygen atoms in total. The Morgan fingerprint density at radius 2 is 2.12 bits per heavy atom. The van der Waals surface area contributed by atoms with Crippen LogP contribution in [0.25, 0.3) is 0 Å². The van der Waals surface area contributed by atoms with Gasteiger partial charge >= 0.3 is 0 Å². The van der Waals surface area contributed by atoms with Gasteiger partial charge in [-0.15, -0.1) is 0 Å². The quantitative estimate of drug-likeness (QED) is 0.783. The highest BCUT2D eigenvalue weighted by Crippen LogP contribution is 2.34. The molecule has 0 radical (unpaired) electrons. The summed E-state index contributed by atoms with van der Waals surface area (Å²) in [6.45, 7) is 1.73. The Hall–Kier alpha value is -0.740. The maximum Gasteiger partial charge on any atom is 0.175 e. The minimum atomic E-state index is 0.709. The molecule has 0 unspecified atom stereocenters. The number of benzene rings is 1. The Morgan fingerprint density at radius 3 is 2.81 bits per heavy atom. The van der Waals surface area contributed by atoms with E-state index in [-0.39, 0.29) is 0 Å². The third-order valence-electron chi connectivity index (χ3n) is 2.22. The largest absolute Gasteiger partial charge is 0.493 e. The molecule has 0 saturated heterocycles. The zero-order chi connectivity index (χ0) is 11.8. The molecule has 0 heterocycles. The van der Waals surface area contributed by atoms with Crippen LogP contribution >= 0.6 is 15.9 Å². The molecule has 0 aliphatic heterocycles. The molecule has 0 amide bonds. The van der Waals surface area contributed by atoms with Gasteiger partial charge in [-0.1, -0.05) is 6.07 Å². The molecule has 90 valence electrons. The Balaban J connectivity index is 2.46. The Kier molecular flexibility index (Phi) is 6.26. The van der Waals surface area contributed by atoms with E-state index in [1.165, 1.54) is 0 Å². The number of nitrogens with one attached hydrogen (secondary N) is 1. The lowest BCUT2D eigenvalue weighted by molar-refractivity contribution is 0.284. The van der Waals surface area contributed by atoms with E-state index in [1.807, 2.05) is 25.2 Å². The van der Waals surface area contributed by atoms with Crippen molar-refractivity contribution in [1.82, 2.24) is 5.32 Å². The highest BCUT2D eigenvalue weighted by Gasteiger charge is 2.07. The van der Waals surface area contributed by atoms with Gasteiger partial charge in [0.1, 0.15) is 0 Å². The number of para-hydroxylation sites is 1. The first-order chi connectivity index (χ1) is 7.79. The normalized spacial score (nSPS) is 10.2. The van der Waals surface area contributed by atoms with Crippen molar-refractivity contribution in [2.24, 2.45) is 0 Å². The van der Waals surface area contributed by atoms with E-state index in [0.29, 0.717) is 6.61 Å². The molecule has 0 atom stereocenters. The topological polar surface area (TPSA) is 30.5 Å². The van der Waals surface area contributed by atoms with Crippen LogP contribution in [0.15, 0.2) is 22.7 Å². The van der Waals surface area contributed by atoms with E-state index in [2.05, 4.69) is 21.2 Å². The van der Waals surface area contributed by atoms with E-state index in [9.17, 15) is 0 Å². The molecule has 1 rings (SSSR count). The molecule has 1 aromatic carbocycles. The fourth-order valence-corrected chi connectivity index (χ4v) is 1.83. The zero-order valence-electron chi connectivity index (χ0n) is 9.75. The van der Waals surface area contributed by atoms with Crippen LogP contribution in [0.3, 0.4) is 0 Å². The number of hydrogen-bond donors (Lipinski definition) is 1. The molecular weight excluding hydrogens is 270 g/mol. The van der Waals surface area contributed by atoms with E-state index in [0.717, 1.165) is 35.4 Å². The maximum absolute atomic E-state index is 5.71. The van der Waals surface area contributed by atoms with Gasteiger partial charge in [-0.3, -0.25) is 0 Å². The minimum absolute atomic E-state index is 0.709. The summed E-state index contributed by atoms with van der Waals surface area (Å²) in [6, 6.07) is 5.77. The first kappa shape index (κ1) is 13.3. The average Bonchev–Trinajstić information content (AvgIpc) is 2.30. The monoisotopic (exact) mass is 287 g/mol. The van der Waals surface area contributed by atoms with Crippen molar-refractivity contribution in [3.05, 3.63) is 22.7 Å². The fourth-order valence-electron chi connectivity index (χ4n) is 1.37. The molecule has 16 heavy (non-hydrogen) atoms. The van der Waals surface area contributed by atoms with Crippen LogP contribution in [-0.2, 0) is 0 Å². The van der Waals surface area contributed by atoms with Crippen LogP contribution in [0.2, 0.25) is 0 Å². The molecule has 0 aromatic heterocycles. The van der Waals surface area contributed by atoms with E-state index in [1.54, 1.807) is 7.11 Å². The Bertz CT molecular complexity index is 318. The van der Waals surface area contributed by atoms with Crippen LogP contribution < -0.4 is 14.8 Å². The second kappa shape index (κ2) is 7.52. The van der Waals surface area contributed by atoms with Gasteiger partial charge in [-0.2, -0.15) is 0 Å². The smallest absolute Gasteiger partial charge is 0.175 e. The maximum atomic E-state index is 5.71. The summed E-state index contributed by atoms with van der Waals surface area (Å²) < 4.78 is 11.9. The molecule has 0 spiro atoms. The molecule has 0 fully saturated rings. The van der Waals surface area contributed by atoms with Crippen molar-refractivity contribution in [2.75, 3.05) is 27.3 Å². The summed E-state index contributed by atoms with van der Waals surface area (Å²) in [7, 11) is 3.60. The minimum Gasteiger partial charge on any atom is -0.493 e. The molecule has 4 heteroatoms. The number of ether oxygens (including phenoxy) is 2. The third-order valence-corrected chi connectivity index (χ3v) is 2.84. The van der Waals surface area contributed by atoms with Gasteiger partial charge in [0.25, 0.3) is 0 Å². The van der Waals surface area contributed by atoms with Crippen LogP contribution in [0.1, 0.15) is 12.8 Å². The van der Waals surface area contributed by atoms with Gasteiger partial charge in [0, 0.05) is 0 Å². The number of halogens is 1. The van der Waals surface area contributed by atoms with Crippen LogP contribution in [0, 0.1) is 0 Å². The molecule has 0 aliphatic carbocycles. The molecule has 0 bridgehead atoms. The first-order valence-electron chi connectivity index (χ1n) is 5.39. The second-order valence-corrected chi connectivity index (χ2v) is 4.28. The number of methoxy groups -OCH3 is 1. The molecule has 1 aromatic rings. The van der Waals surface area contributed by atoms with Gasteiger partial charge in [-0.25, -0.2) is 0 Å². The molecule has 0 saturated carbocycles. The summed E-state index contributed by atoms with van der Waals surface area (Å²) in [5, 5.41) is 3.11. The lowest BCUT2D eigenvalue weighted by Gasteiger charge is -2.12. The molecule has 0 aliphatic rings. The van der Waals surface area contributed by atoms with Crippen molar-refractivity contribution in [2.45, 2.75) is 12.8 Å². The van der Waals surface area contributed by atoms with Gasteiger partial charge in [0.05, 0.1) is 18.2 Å². The van der Waals surface area contributed by atoms with Crippen LogP contribution in [0.5, 0.6) is 11.5 Å². The summed E-state index contributed by atoms with van der Waals surface area (Å²) >= 11 is 3.45. The third kappa shape index (κ3) is 4.02. The molecule has 1 N–H and O–H groups in total. The van der Waals surface area contributed by atoms with Crippen molar-refractivity contribution < 1.29 is 9.47 Å². The van der Waals surface area contributed by atoms with Crippen molar-refractivity contribution in [1.29, 1.82) is 0 Å². The lowest BCUT2D eigenvalue weighted by atomic mass is 10.3. The van der Waals surface area contributed by atoms with E-state index < -0.39 is 0 Å². The highest BCUT2D eigenvalue weighted by atomic mass is 79.9. The van der Waals surface area contributed by atoms with E-state index >= 15 is 0 Å². The molecular formula is C12H18BrNO2. The van der Waals surface area contributed by atoms with Gasteiger partial charge in [0.15, 0.2) is 11.5 Å². The average molecular weight is 288 g/mol. The van der Waals surface area contributed by atoms with Crippen LogP contribution in [-0.4, -0.2) is 27.3 Å². The first-order valence-corrected chi connectivity index (χ1v) is 6.18. The Morgan fingerprint density at radius 1 is 1.31 bits per heavy atom. The Labute approximate surface area is 105 Å². The summed E-state index contributed by atoms with van der Waals surface area (Å²) in [5.74, 6) is 1.55. The van der Waals surface area contributed by atoms with E-state index in [4.69, 9.17) is 9.47 Å². The SMILES string of the molecule is CNCCCCOc1c(Br)cccc1OC. The second-order valence-electron chi connectivity index (χ2n) is 3.43. The summed E-state index contributed by atoms with van der Waals surface area (Å²) in [4.78, 5) is 0. The predicted molar refractivity (Wildman–Crippen MR) is 69.3 cm³/mol. The number of rotatable bonds is 7. The predicted octanol–water partition coefficient (Wildman–Crippen LogP) is 2.84. The number of unbranched alkanes of at least 4 members (excludes halogenated alkanes) is 1. The summed E-state index contributed by atoms with van der Waals surface area (Å²) in [5.41, 5.74) is 0. The van der Waals surface area contributed by atoms with Crippen LogP contribution in [0.4, 0.5) is 0 Å². The zero-order valence-corrected chi connectivity index (χ0v) is 11.3. The van der Waals surface area contributed by atoms with Gasteiger partial charge in [0.2, 0.25) is 0 Å². The van der Waals surface area contributed by atoms with Crippen molar-refractivity contribution in [3.8, 4) is 11.5 Å². The number of hydrogen-bond acceptors (Lipinski definition) is 3. The van der Waals surface area contributed by atoms with Gasteiger partial charge < -0.3 is 14.8 Å². The standard InChI is InChI=1S/C12H18BrNO2/c1-14-8-3-4-9-16-12-10(13)6-5-7-11(12)15-2/h5-7,14H,3-4,8-9H2,1-2H3. The van der Waals surface area contributed by atoms with Crippen molar-refractivity contribution >= 4 is 15.9 Å². The fraction of sp³-hybridized carbons (Fsp3) is 0.500. The summed E-state index contributed by atoms with van der Waals surface area (Å²) in [6.07, 6.45) is 2.15. The van der Waals surface area contributed by atoms with Gasteiger partial charge in [-0.05, 0) is 54.5 Å². The van der Waals surface area contributed by atoms with Crippen molar-refractivity contribution in [3.63, 3.8) is 0 Å².